The predicted molar refractivity (Wildman–Crippen MR) is 115 cm³/mol. The molecule has 9 heteroatoms. The molecular weight excluding hydrogens is 489 g/mol. The Morgan fingerprint density at radius 1 is 1.10 bits per heavy atom. The van der Waals surface area contributed by atoms with Crippen molar-refractivity contribution in [3.05, 3.63) is 75.2 Å². The number of hydrogen-bond donors (Lipinski definition) is 5. The van der Waals surface area contributed by atoms with E-state index in [2.05, 4.69) is 38.5 Å². The Morgan fingerprint density at radius 3 is 2.62 bits per heavy atom. The van der Waals surface area contributed by atoms with Gasteiger partial charge in [-0.15, -0.1) is 0 Å². The number of anilines is 1. The lowest BCUT2D eigenvalue weighted by Gasteiger charge is -2.18. The van der Waals surface area contributed by atoms with Gasteiger partial charge in [0.05, 0.1) is 17.5 Å². The van der Waals surface area contributed by atoms with Gasteiger partial charge in [-0.05, 0) is 58.5 Å². The summed E-state index contributed by atoms with van der Waals surface area (Å²) in [5, 5.41) is 26.3. The number of carbonyl (C=O) groups is 3. The number of rotatable bonds is 5. The molecule has 0 spiro atoms. The van der Waals surface area contributed by atoms with Gasteiger partial charge in [-0.25, -0.2) is 0 Å². The first-order valence-electron chi connectivity index (χ1n) is 8.42. The van der Waals surface area contributed by atoms with E-state index in [-0.39, 0.29) is 11.4 Å². The van der Waals surface area contributed by atoms with Crippen LogP contribution in [-0.4, -0.2) is 27.9 Å². The lowest BCUT2D eigenvalue weighted by atomic mass is 9.95. The molecule has 0 aromatic heterocycles. The molecule has 2 aromatic rings. The fourth-order valence-electron chi connectivity index (χ4n) is 2.75. The Kier molecular flexibility index (Phi) is 6.17. The van der Waals surface area contributed by atoms with Crippen LogP contribution in [-0.2, 0) is 16.1 Å². The smallest absolute Gasteiger partial charge is 0.260 e. The standard InChI is InChI=1S/C20H16IN3O5/c21-12-2-3-13-14(8-12)15(20(29)24-19(13)28)10-22-9-11-1-4-16(17(26)7-11)23-18(27)5-6-25/h1-8,10,22,25-26H,9H2,(H,23,27)(H,24,28,29)/b6-5-,15-10-. The fourth-order valence-corrected chi connectivity index (χ4v) is 3.24. The van der Waals surface area contributed by atoms with E-state index in [1.54, 1.807) is 24.3 Å². The number of carbonyl (C=O) groups excluding carboxylic acids is 3. The summed E-state index contributed by atoms with van der Waals surface area (Å²) >= 11 is 2.11. The molecule has 148 valence electrons. The Morgan fingerprint density at radius 2 is 1.90 bits per heavy atom. The highest BCUT2D eigenvalue weighted by Gasteiger charge is 2.27. The van der Waals surface area contributed by atoms with Crippen LogP contribution in [0.5, 0.6) is 5.75 Å². The number of aromatic hydroxyl groups is 1. The van der Waals surface area contributed by atoms with Crippen LogP contribution in [0.2, 0.25) is 0 Å². The van der Waals surface area contributed by atoms with Gasteiger partial charge in [0.2, 0.25) is 0 Å². The number of aliphatic hydroxyl groups excluding tert-OH is 1. The van der Waals surface area contributed by atoms with Crippen molar-refractivity contribution >= 4 is 51.6 Å². The van der Waals surface area contributed by atoms with Gasteiger partial charge in [0.15, 0.2) is 0 Å². The second-order valence-electron chi connectivity index (χ2n) is 6.07. The summed E-state index contributed by atoms with van der Waals surface area (Å²) in [6, 6.07) is 9.90. The van der Waals surface area contributed by atoms with E-state index in [4.69, 9.17) is 5.11 Å². The average molecular weight is 505 g/mol. The van der Waals surface area contributed by atoms with Gasteiger partial charge in [0.1, 0.15) is 5.75 Å². The molecule has 8 nitrogen and oxygen atoms in total. The molecule has 0 saturated heterocycles. The number of fused-ring (bicyclic) bond motifs is 1. The topological polar surface area (TPSA) is 128 Å². The quantitative estimate of drug-likeness (QED) is 0.140. The Labute approximate surface area is 179 Å². The summed E-state index contributed by atoms with van der Waals surface area (Å²) in [6.45, 7) is 0.294. The number of amides is 3. The first-order chi connectivity index (χ1) is 13.9. The van der Waals surface area contributed by atoms with Gasteiger partial charge < -0.3 is 20.8 Å². The molecule has 2 aromatic carbocycles. The van der Waals surface area contributed by atoms with Crippen molar-refractivity contribution in [1.82, 2.24) is 10.6 Å². The van der Waals surface area contributed by atoms with Crippen LogP contribution in [0.1, 0.15) is 21.5 Å². The zero-order valence-corrected chi connectivity index (χ0v) is 17.1. The van der Waals surface area contributed by atoms with Crippen molar-refractivity contribution in [2.45, 2.75) is 6.54 Å². The van der Waals surface area contributed by atoms with E-state index < -0.39 is 17.7 Å². The summed E-state index contributed by atoms with van der Waals surface area (Å²) in [6.07, 6.45) is 3.04. The molecule has 0 aliphatic carbocycles. The van der Waals surface area contributed by atoms with E-state index in [1.165, 1.54) is 18.3 Å². The number of phenolic OH excluding ortho intramolecular Hbond substituents is 1. The third-order valence-corrected chi connectivity index (χ3v) is 4.76. The number of phenols is 1. The second kappa shape index (κ2) is 8.78. The van der Waals surface area contributed by atoms with Gasteiger partial charge in [0.25, 0.3) is 17.7 Å². The fraction of sp³-hybridized carbons (Fsp3) is 0.0500. The molecule has 1 heterocycles. The minimum absolute atomic E-state index is 0.141. The van der Waals surface area contributed by atoms with Crippen molar-refractivity contribution in [3.8, 4) is 5.75 Å². The van der Waals surface area contributed by atoms with Gasteiger partial charge in [0, 0.05) is 33.5 Å². The first kappa shape index (κ1) is 20.4. The molecule has 1 aliphatic rings. The van der Waals surface area contributed by atoms with Crippen molar-refractivity contribution in [1.29, 1.82) is 0 Å². The minimum Gasteiger partial charge on any atom is -0.515 e. The van der Waals surface area contributed by atoms with Crippen LogP contribution in [0.3, 0.4) is 0 Å². The zero-order valence-electron chi connectivity index (χ0n) is 14.9. The highest BCUT2D eigenvalue weighted by molar-refractivity contribution is 14.1. The second-order valence-corrected chi connectivity index (χ2v) is 7.31. The lowest BCUT2D eigenvalue weighted by molar-refractivity contribution is -0.115. The molecule has 0 saturated carbocycles. The van der Waals surface area contributed by atoms with Crippen molar-refractivity contribution in [2.24, 2.45) is 0 Å². The number of hydrogen-bond acceptors (Lipinski definition) is 6. The number of benzene rings is 2. The highest BCUT2D eigenvalue weighted by Crippen LogP contribution is 2.26. The SMILES string of the molecule is O=C(/C=C\O)Nc1ccc(CN/C=C2\C(=O)NC(=O)c3ccc(I)cc32)cc1O. The van der Waals surface area contributed by atoms with Crippen LogP contribution in [0, 0.1) is 3.57 Å². The summed E-state index contributed by atoms with van der Waals surface area (Å²) in [7, 11) is 0. The van der Waals surface area contributed by atoms with Gasteiger partial charge in [-0.2, -0.15) is 0 Å². The molecule has 29 heavy (non-hydrogen) atoms. The van der Waals surface area contributed by atoms with Gasteiger partial charge >= 0.3 is 0 Å². The maximum atomic E-state index is 12.2. The van der Waals surface area contributed by atoms with E-state index in [0.29, 0.717) is 35.1 Å². The van der Waals surface area contributed by atoms with Gasteiger partial charge in [-0.3, -0.25) is 19.7 Å². The number of aliphatic hydroxyl groups is 1. The largest absolute Gasteiger partial charge is 0.515 e. The molecule has 3 rings (SSSR count). The zero-order chi connectivity index (χ0) is 21.0. The van der Waals surface area contributed by atoms with Crippen LogP contribution in [0.15, 0.2) is 54.9 Å². The minimum atomic E-state index is -0.579. The number of imide groups is 1. The summed E-state index contributed by atoms with van der Waals surface area (Å²) in [4.78, 5) is 35.6. The molecule has 1 aliphatic heterocycles. The summed E-state index contributed by atoms with van der Waals surface area (Å²) in [5.74, 6) is -1.64. The highest BCUT2D eigenvalue weighted by atomic mass is 127. The van der Waals surface area contributed by atoms with E-state index in [0.717, 1.165) is 9.65 Å². The molecular formula is C20H16IN3O5. The Bertz CT molecular complexity index is 1060. The van der Waals surface area contributed by atoms with Crippen molar-refractivity contribution in [2.75, 3.05) is 5.32 Å². The number of nitrogens with one attached hydrogen (secondary N) is 3. The van der Waals surface area contributed by atoms with Crippen LogP contribution in [0.25, 0.3) is 5.57 Å². The molecule has 0 atom stereocenters. The predicted octanol–water partition coefficient (Wildman–Crippen LogP) is 2.41. The summed E-state index contributed by atoms with van der Waals surface area (Å²) in [5.41, 5.74) is 2.21. The lowest BCUT2D eigenvalue weighted by Crippen LogP contribution is -2.37. The summed E-state index contributed by atoms with van der Waals surface area (Å²) < 4.78 is 0.897. The van der Waals surface area contributed by atoms with Crippen molar-refractivity contribution in [3.63, 3.8) is 0 Å². The maximum Gasteiger partial charge on any atom is 0.260 e. The molecule has 5 N–H and O–H groups in total. The average Bonchev–Trinajstić information content (AvgIpc) is 2.66. The maximum absolute atomic E-state index is 12.2. The van der Waals surface area contributed by atoms with Crippen molar-refractivity contribution < 1.29 is 24.6 Å². The molecule has 0 fully saturated rings. The number of halogens is 1. The third kappa shape index (κ3) is 4.74. The third-order valence-electron chi connectivity index (χ3n) is 4.09. The van der Waals surface area contributed by atoms with Crippen LogP contribution in [0.4, 0.5) is 5.69 Å². The Hall–Kier alpha value is -3.34. The monoisotopic (exact) mass is 505 g/mol. The normalized spacial score (nSPS) is 14.6. The molecule has 0 unspecified atom stereocenters. The van der Waals surface area contributed by atoms with E-state index in [9.17, 15) is 19.5 Å². The van der Waals surface area contributed by atoms with E-state index in [1.807, 2.05) is 0 Å². The molecule has 0 radical (unpaired) electrons. The van der Waals surface area contributed by atoms with Crippen LogP contribution >= 0.6 is 22.6 Å². The first-order valence-corrected chi connectivity index (χ1v) is 9.49. The Balaban J connectivity index is 1.74. The van der Waals surface area contributed by atoms with E-state index >= 15 is 0 Å². The van der Waals surface area contributed by atoms with Crippen LogP contribution < -0.4 is 16.0 Å². The molecule has 0 bridgehead atoms. The molecule has 3 amide bonds. The van der Waals surface area contributed by atoms with Gasteiger partial charge in [-0.1, -0.05) is 6.07 Å².